The van der Waals surface area contributed by atoms with Crippen molar-refractivity contribution in [3.63, 3.8) is 0 Å². The molecule has 0 spiro atoms. The highest BCUT2D eigenvalue weighted by Crippen LogP contribution is 2.53. The molecule has 0 saturated heterocycles. The Kier molecular flexibility index (Phi) is 7.28. The molecule has 0 aliphatic carbocycles. The van der Waals surface area contributed by atoms with Gasteiger partial charge in [-0.1, -0.05) is 111 Å². The first-order valence-corrected chi connectivity index (χ1v) is 16.6. The Morgan fingerprint density at radius 1 is 0.756 bits per heavy atom. The molecule has 5 aromatic rings. The number of rotatable bonds is 7. The van der Waals surface area contributed by atoms with Gasteiger partial charge in [-0.25, -0.2) is 0 Å². The Labute approximate surface area is 269 Å². The molecule has 226 valence electrons. The fourth-order valence-corrected chi connectivity index (χ4v) is 8.05. The van der Waals surface area contributed by atoms with Crippen LogP contribution < -0.4 is 4.90 Å². The third kappa shape index (κ3) is 4.83. The van der Waals surface area contributed by atoms with Crippen molar-refractivity contribution in [3.8, 4) is 0 Å². The maximum absolute atomic E-state index is 2.63. The van der Waals surface area contributed by atoms with Crippen molar-refractivity contribution in [2.75, 3.05) is 18.5 Å². The third-order valence-corrected chi connectivity index (χ3v) is 10.4. The highest BCUT2D eigenvalue weighted by Gasteiger charge is 2.46. The second-order valence-corrected chi connectivity index (χ2v) is 14.2. The van der Waals surface area contributed by atoms with Gasteiger partial charge in [-0.15, -0.1) is 0 Å². The second-order valence-electron chi connectivity index (χ2n) is 14.2. The molecule has 0 fully saturated rings. The quantitative estimate of drug-likeness (QED) is 0.171. The Bertz CT molecular complexity index is 2010. The molecule has 2 aliphatic rings. The van der Waals surface area contributed by atoms with Gasteiger partial charge in [-0.3, -0.25) is 0 Å². The third-order valence-electron chi connectivity index (χ3n) is 10.4. The summed E-state index contributed by atoms with van der Waals surface area (Å²) in [4.78, 5) is 2.63. The molecule has 45 heavy (non-hydrogen) atoms. The number of allylic oxidation sites excluding steroid dienone is 4. The predicted octanol–water partition coefficient (Wildman–Crippen LogP) is 10.5. The van der Waals surface area contributed by atoms with Crippen molar-refractivity contribution in [2.24, 2.45) is 5.92 Å². The summed E-state index contributed by atoms with van der Waals surface area (Å²) in [5.74, 6) is 0.628. The Morgan fingerprint density at radius 3 is 2.13 bits per heavy atom. The van der Waals surface area contributed by atoms with Gasteiger partial charge in [0.2, 0.25) is 5.69 Å². The number of benzene rings is 5. The topological polar surface area (TPSA) is 6.25 Å². The Morgan fingerprint density at radius 2 is 1.40 bits per heavy atom. The monoisotopic (exact) mass is 589 g/mol. The van der Waals surface area contributed by atoms with Crippen molar-refractivity contribution in [3.05, 3.63) is 144 Å². The minimum atomic E-state index is -0.181. The largest absolute Gasteiger partial charge is 0.344 e. The summed E-state index contributed by atoms with van der Waals surface area (Å²) >= 11 is 0. The van der Waals surface area contributed by atoms with Gasteiger partial charge in [0.25, 0.3) is 0 Å². The van der Waals surface area contributed by atoms with Gasteiger partial charge in [0.1, 0.15) is 7.05 Å². The lowest BCUT2D eigenvalue weighted by molar-refractivity contribution is -0.399. The molecule has 0 saturated carbocycles. The van der Waals surface area contributed by atoms with Crippen molar-refractivity contribution >= 4 is 38.6 Å². The smallest absolute Gasteiger partial charge is 0.217 e. The van der Waals surface area contributed by atoms with E-state index >= 15 is 0 Å². The van der Waals surface area contributed by atoms with Gasteiger partial charge in [0, 0.05) is 35.0 Å². The second kappa shape index (κ2) is 11.2. The summed E-state index contributed by atoms with van der Waals surface area (Å²) in [6.07, 6.45) is 9.22. The molecule has 2 heterocycles. The van der Waals surface area contributed by atoms with E-state index in [1.807, 2.05) is 0 Å². The maximum atomic E-state index is 2.63. The van der Waals surface area contributed by atoms with Gasteiger partial charge < -0.3 is 4.90 Å². The van der Waals surface area contributed by atoms with Crippen LogP contribution >= 0.6 is 0 Å². The number of anilines is 1. The van der Waals surface area contributed by atoms with E-state index in [1.54, 1.807) is 0 Å². The lowest BCUT2D eigenvalue weighted by Gasteiger charge is -2.31. The summed E-state index contributed by atoms with van der Waals surface area (Å²) < 4.78 is 2.42. The molecule has 1 atom stereocenters. The van der Waals surface area contributed by atoms with Crippen LogP contribution in [0.15, 0.2) is 127 Å². The summed E-state index contributed by atoms with van der Waals surface area (Å²) in [7, 11) is 2.23. The van der Waals surface area contributed by atoms with E-state index in [9.17, 15) is 0 Å². The normalized spacial score (nSPS) is 19.9. The van der Waals surface area contributed by atoms with Crippen molar-refractivity contribution in [1.82, 2.24) is 0 Å². The van der Waals surface area contributed by atoms with Gasteiger partial charge in [-0.2, -0.15) is 4.58 Å². The highest BCUT2D eigenvalue weighted by atomic mass is 15.2. The van der Waals surface area contributed by atoms with Crippen LogP contribution in [0.25, 0.3) is 21.5 Å². The molecule has 7 rings (SSSR count). The molecular weight excluding hydrogens is 544 g/mol. The van der Waals surface area contributed by atoms with Crippen molar-refractivity contribution < 1.29 is 4.58 Å². The van der Waals surface area contributed by atoms with Crippen molar-refractivity contribution in [2.45, 2.75) is 58.3 Å². The Hall–Kier alpha value is -4.43. The summed E-state index contributed by atoms with van der Waals surface area (Å²) in [6.45, 7) is 12.9. The zero-order valence-electron chi connectivity index (χ0n) is 27.6. The van der Waals surface area contributed by atoms with E-state index in [4.69, 9.17) is 0 Å². The van der Waals surface area contributed by atoms with Gasteiger partial charge in [-0.05, 0) is 85.0 Å². The summed E-state index contributed by atoms with van der Waals surface area (Å²) in [6, 6.07) is 38.0. The molecular formula is C43H45N2+. The van der Waals surface area contributed by atoms with Crippen LogP contribution in [0, 0.1) is 5.92 Å². The molecule has 0 radical (unpaired) electrons. The first-order chi connectivity index (χ1) is 21.7. The number of hydrogen-bond acceptors (Lipinski definition) is 1. The fraction of sp³-hybridized carbons (Fsp3) is 0.279. The van der Waals surface area contributed by atoms with Crippen molar-refractivity contribution in [1.29, 1.82) is 0 Å². The van der Waals surface area contributed by atoms with E-state index in [0.29, 0.717) is 5.92 Å². The molecule has 0 N–H and O–H groups in total. The van der Waals surface area contributed by atoms with Crippen LogP contribution in [0.4, 0.5) is 11.4 Å². The molecule has 1 unspecified atom stereocenters. The minimum Gasteiger partial charge on any atom is -0.344 e. The van der Waals surface area contributed by atoms with Crippen LogP contribution in [0.3, 0.4) is 0 Å². The van der Waals surface area contributed by atoms with E-state index in [1.165, 1.54) is 61.0 Å². The first-order valence-electron chi connectivity index (χ1n) is 16.6. The zero-order chi connectivity index (χ0) is 31.3. The van der Waals surface area contributed by atoms with Gasteiger partial charge in [0.15, 0.2) is 5.71 Å². The van der Waals surface area contributed by atoms with Gasteiger partial charge >= 0.3 is 0 Å². The highest BCUT2D eigenvalue weighted by molar-refractivity contribution is 6.07. The molecule has 0 bridgehead atoms. The molecule has 2 aliphatic heterocycles. The molecule has 5 aromatic carbocycles. The van der Waals surface area contributed by atoms with Crippen LogP contribution in [0.5, 0.6) is 0 Å². The average molecular weight is 590 g/mol. The maximum Gasteiger partial charge on any atom is 0.217 e. The molecule has 2 heteroatoms. The Balaban J connectivity index is 1.38. The number of hydrogen-bond donors (Lipinski definition) is 0. The fourth-order valence-electron chi connectivity index (χ4n) is 8.05. The standard InChI is InChI=1S/C43H45N2/c1-30(2)27-28-45-37-26-24-32-17-10-12-19-34(32)40(37)43(5,29-31-15-8-7-9-16-31)39(45)22-14-21-38-42(3,4)36-25-23-33-18-11-13-20-35(33)41(36)44(38)6/h7-26,30H,27-29H2,1-6H3/q+1. The first kappa shape index (κ1) is 29.3. The summed E-state index contributed by atoms with van der Waals surface area (Å²) in [5.41, 5.74) is 9.34. The van der Waals surface area contributed by atoms with Crippen LogP contribution in [0.1, 0.15) is 57.7 Å². The van der Waals surface area contributed by atoms with E-state index in [2.05, 4.69) is 172 Å². The average Bonchev–Trinajstić information content (AvgIpc) is 3.39. The van der Waals surface area contributed by atoms with E-state index in [-0.39, 0.29) is 10.8 Å². The van der Waals surface area contributed by atoms with Crippen LogP contribution in [-0.2, 0) is 17.3 Å². The van der Waals surface area contributed by atoms with Crippen LogP contribution in [0.2, 0.25) is 0 Å². The van der Waals surface area contributed by atoms with Gasteiger partial charge in [0.05, 0.1) is 10.8 Å². The SMILES string of the molecule is CC(C)CCN1C(=CC=CC2=[N+](C)c3c(ccc4ccccc34)C2(C)C)C(C)(Cc2ccccc2)c2c1ccc1ccccc21. The van der Waals surface area contributed by atoms with E-state index < -0.39 is 0 Å². The predicted molar refractivity (Wildman–Crippen MR) is 193 cm³/mol. The molecule has 0 aromatic heterocycles. The molecule has 0 amide bonds. The lowest BCUT2D eigenvalue weighted by atomic mass is 9.74. The lowest BCUT2D eigenvalue weighted by Crippen LogP contribution is -2.31. The van der Waals surface area contributed by atoms with Crippen LogP contribution in [-0.4, -0.2) is 23.9 Å². The zero-order valence-corrected chi connectivity index (χ0v) is 27.6. The van der Waals surface area contributed by atoms with E-state index in [0.717, 1.165) is 19.4 Å². The molecule has 2 nitrogen and oxygen atoms in total. The number of fused-ring (bicyclic) bond motifs is 6. The number of nitrogens with zero attached hydrogens (tertiary/aromatic N) is 2. The minimum absolute atomic E-state index is 0.0946. The summed E-state index contributed by atoms with van der Waals surface area (Å²) in [5, 5.41) is 5.29.